The van der Waals surface area contributed by atoms with E-state index in [9.17, 15) is 0 Å². The standard InChI is InChI=1S/C11H20O/c1-4-5-6-7-8-9-10-12-11(2)3/h7-11H,4-6H2,1-3H3. The summed E-state index contributed by atoms with van der Waals surface area (Å²) < 4.78 is 5.22. The molecular weight excluding hydrogens is 148 g/mol. The van der Waals surface area contributed by atoms with Gasteiger partial charge >= 0.3 is 0 Å². The highest BCUT2D eigenvalue weighted by atomic mass is 16.5. The Kier molecular flexibility index (Phi) is 7.87. The number of ether oxygens (including phenoxy) is 1. The predicted molar refractivity (Wildman–Crippen MR) is 54.0 cm³/mol. The Bertz CT molecular complexity index is 134. The molecule has 1 nitrogen and oxygen atoms in total. The maximum absolute atomic E-state index is 5.22. The first kappa shape index (κ1) is 11.3. The second-order valence-corrected chi connectivity index (χ2v) is 3.08. The molecule has 12 heavy (non-hydrogen) atoms. The van der Waals surface area contributed by atoms with Gasteiger partial charge in [-0.3, -0.25) is 0 Å². The van der Waals surface area contributed by atoms with Crippen LogP contribution in [0.15, 0.2) is 24.5 Å². The first-order valence-electron chi connectivity index (χ1n) is 4.74. The summed E-state index contributed by atoms with van der Waals surface area (Å²) in [7, 11) is 0. The molecular formula is C11H20O. The molecule has 0 amide bonds. The summed E-state index contributed by atoms with van der Waals surface area (Å²) in [6.45, 7) is 6.24. The number of hydrogen-bond donors (Lipinski definition) is 0. The van der Waals surface area contributed by atoms with Crippen molar-refractivity contribution in [1.29, 1.82) is 0 Å². The zero-order chi connectivity index (χ0) is 9.23. The maximum Gasteiger partial charge on any atom is 0.0922 e. The quantitative estimate of drug-likeness (QED) is 0.334. The SMILES string of the molecule is CCCCC=CC=COC(C)C. The number of unbranched alkanes of at least 4 members (excludes halogenated alkanes) is 2. The van der Waals surface area contributed by atoms with Crippen LogP contribution < -0.4 is 0 Å². The zero-order valence-electron chi connectivity index (χ0n) is 8.42. The Morgan fingerprint density at radius 3 is 2.58 bits per heavy atom. The molecule has 0 N–H and O–H groups in total. The third kappa shape index (κ3) is 9.28. The summed E-state index contributed by atoms with van der Waals surface area (Å²) in [6.07, 6.45) is 11.9. The molecule has 0 aliphatic rings. The normalized spacial score (nSPS) is 12.0. The van der Waals surface area contributed by atoms with Gasteiger partial charge in [0, 0.05) is 0 Å². The van der Waals surface area contributed by atoms with E-state index < -0.39 is 0 Å². The lowest BCUT2D eigenvalue weighted by atomic mass is 10.2. The molecule has 0 saturated heterocycles. The molecule has 0 aromatic carbocycles. The minimum absolute atomic E-state index is 0.283. The summed E-state index contributed by atoms with van der Waals surface area (Å²) in [4.78, 5) is 0. The second kappa shape index (κ2) is 8.38. The monoisotopic (exact) mass is 168 g/mol. The molecule has 70 valence electrons. The average Bonchev–Trinajstić information content (AvgIpc) is 2.02. The maximum atomic E-state index is 5.22. The van der Waals surface area contributed by atoms with Gasteiger partial charge in [0.25, 0.3) is 0 Å². The van der Waals surface area contributed by atoms with Gasteiger partial charge in [-0.2, -0.15) is 0 Å². The van der Waals surface area contributed by atoms with E-state index in [1.807, 2.05) is 26.0 Å². The van der Waals surface area contributed by atoms with Crippen molar-refractivity contribution < 1.29 is 4.74 Å². The van der Waals surface area contributed by atoms with Gasteiger partial charge in [-0.1, -0.05) is 31.9 Å². The van der Waals surface area contributed by atoms with E-state index in [2.05, 4.69) is 13.0 Å². The highest BCUT2D eigenvalue weighted by molar-refractivity contribution is 4.99. The smallest absolute Gasteiger partial charge is 0.0922 e. The largest absolute Gasteiger partial charge is 0.499 e. The van der Waals surface area contributed by atoms with Crippen LogP contribution in [0.3, 0.4) is 0 Å². The van der Waals surface area contributed by atoms with Gasteiger partial charge in [0.1, 0.15) is 0 Å². The van der Waals surface area contributed by atoms with Crippen LogP contribution in [0.5, 0.6) is 0 Å². The molecule has 0 radical (unpaired) electrons. The third-order valence-corrected chi connectivity index (χ3v) is 1.40. The Balaban J connectivity index is 3.27. The molecule has 0 fully saturated rings. The van der Waals surface area contributed by atoms with Gasteiger partial charge in [-0.15, -0.1) is 0 Å². The van der Waals surface area contributed by atoms with Crippen LogP contribution in [0, 0.1) is 0 Å². The molecule has 1 heteroatoms. The molecule has 0 rings (SSSR count). The third-order valence-electron chi connectivity index (χ3n) is 1.40. The number of hydrogen-bond acceptors (Lipinski definition) is 1. The Hall–Kier alpha value is -0.720. The minimum Gasteiger partial charge on any atom is -0.499 e. The van der Waals surface area contributed by atoms with E-state index in [4.69, 9.17) is 4.74 Å². The van der Waals surface area contributed by atoms with Crippen LogP contribution in [0.25, 0.3) is 0 Å². The van der Waals surface area contributed by atoms with Crippen molar-refractivity contribution in [2.45, 2.75) is 46.1 Å². The molecule has 0 heterocycles. The van der Waals surface area contributed by atoms with Gasteiger partial charge < -0.3 is 4.74 Å². The van der Waals surface area contributed by atoms with Gasteiger partial charge in [0.2, 0.25) is 0 Å². The van der Waals surface area contributed by atoms with E-state index >= 15 is 0 Å². The first-order chi connectivity index (χ1) is 5.77. The van der Waals surface area contributed by atoms with Crippen LogP contribution in [-0.2, 0) is 4.74 Å². The Labute approximate surface area is 76.1 Å². The Morgan fingerprint density at radius 1 is 1.25 bits per heavy atom. The highest BCUT2D eigenvalue weighted by Crippen LogP contribution is 1.95. The summed E-state index contributed by atoms with van der Waals surface area (Å²) in [5.41, 5.74) is 0. The van der Waals surface area contributed by atoms with Crippen molar-refractivity contribution in [1.82, 2.24) is 0 Å². The number of allylic oxidation sites excluding steroid dienone is 3. The van der Waals surface area contributed by atoms with Crippen LogP contribution in [0.2, 0.25) is 0 Å². The fraction of sp³-hybridized carbons (Fsp3) is 0.636. The van der Waals surface area contributed by atoms with Crippen molar-refractivity contribution in [2.75, 3.05) is 0 Å². The van der Waals surface area contributed by atoms with Gasteiger partial charge in [-0.05, 0) is 26.3 Å². The first-order valence-corrected chi connectivity index (χ1v) is 4.74. The molecule has 0 aromatic heterocycles. The Morgan fingerprint density at radius 2 is 2.00 bits per heavy atom. The lowest BCUT2D eigenvalue weighted by Crippen LogP contribution is -1.94. The summed E-state index contributed by atoms with van der Waals surface area (Å²) in [5, 5.41) is 0. The van der Waals surface area contributed by atoms with E-state index in [1.165, 1.54) is 19.3 Å². The molecule has 0 atom stereocenters. The van der Waals surface area contributed by atoms with E-state index in [-0.39, 0.29) is 6.10 Å². The molecule has 0 saturated carbocycles. The van der Waals surface area contributed by atoms with E-state index in [0.717, 1.165) is 0 Å². The van der Waals surface area contributed by atoms with E-state index in [0.29, 0.717) is 0 Å². The van der Waals surface area contributed by atoms with Gasteiger partial charge in [0.05, 0.1) is 12.4 Å². The van der Waals surface area contributed by atoms with Crippen molar-refractivity contribution in [3.8, 4) is 0 Å². The molecule has 0 unspecified atom stereocenters. The fourth-order valence-electron chi connectivity index (χ4n) is 0.745. The zero-order valence-corrected chi connectivity index (χ0v) is 8.42. The van der Waals surface area contributed by atoms with E-state index in [1.54, 1.807) is 6.26 Å². The van der Waals surface area contributed by atoms with Crippen LogP contribution in [-0.4, -0.2) is 6.10 Å². The molecule has 0 bridgehead atoms. The summed E-state index contributed by atoms with van der Waals surface area (Å²) in [6, 6.07) is 0. The lowest BCUT2D eigenvalue weighted by Gasteiger charge is -2.00. The summed E-state index contributed by atoms with van der Waals surface area (Å²) in [5.74, 6) is 0. The molecule has 0 aromatic rings. The van der Waals surface area contributed by atoms with Gasteiger partial charge in [-0.25, -0.2) is 0 Å². The van der Waals surface area contributed by atoms with Crippen molar-refractivity contribution in [3.05, 3.63) is 24.5 Å². The lowest BCUT2D eigenvalue weighted by molar-refractivity contribution is 0.179. The number of rotatable bonds is 6. The average molecular weight is 168 g/mol. The van der Waals surface area contributed by atoms with Crippen molar-refractivity contribution in [3.63, 3.8) is 0 Å². The van der Waals surface area contributed by atoms with Gasteiger partial charge in [0.15, 0.2) is 0 Å². The fourth-order valence-corrected chi connectivity index (χ4v) is 0.745. The van der Waals surface area contributed by atoms with Crippen molar-refractivity contribution >= 4 is 0 Å². The van der Waals surface area contributed by atoms with Crippen LogP contribution in [0.1, 0.15) is 40.0 Å². The van der Waals surface area contributed by atoms with Crippen LogP contribution >= 0.6 is 0 Å². The minimum atomic E-state index is 0.283. The summed E-state index contributed by atoms with van der Waals surface area (Å²) >= 11 is 0. The molecule has 0 aliphatic carbocycles. The van der Waals surface area contributed by atoms with Crippen molar-refractivity contribution in [2.24, 2.45) is 0 Å². The molecule has 0 aliphatic heterocycles. The van der Waals surface area contributed by atoms with Crippen LogP contribution in [0.4, 0.5) is 0 Å². The highest BCUT2D eigenvalue weighted by Gasteiger charge is 1.83. The molecule has 0 spiro atoms. The second-order valence-electron chi connectivity index (χ2n) is 3.08. The predicted octanol–water partition coefficient (Wildman–Crippen LogP) is 3.67. The topological polar surface area (TPSA) is 9.23 Å².